The highest BCUT2D eigenvalue weighted by atomic mass is 35.5. The molecule has 2 aliphatic rings. The molecule has 13 heteroatoms. The SMILES string of the molecule is COc1nc(-c2cccc(-c3cccc4c3CC[C@@H]4Cc3nc(OC)c(CCCCC(=O)O)nc3C(F)(F)F)c2Cl)ccc1CNC1CC(C)(O)C1. The van der Waals surface area contributed by atoms with Crippen LogP contribution in [0.15, 0.2) is 48.5 Å². The van der Waals surface area contributed by atoms with Gasteiger partial charge in [0.2, 0.25) is 11.8 Å². The van der Waals surface area contributed by atoms with Crippen LogP contribution >= 0.6 is 11.6 Å². The number of hydrogen-bond acceptors (Lipinski definition) is 8. The Bertz CT molecular complexity index is 1950. The van der Waals surface area contributed by atoms with Gasteiger partial charge in [-0.15, -0.1) is 0 Å². The maximum atomic E-state index is 14.4. The molecule has 0 spiro atoms. The molecular weight excluding hydrogens is 697 g/mol. The van der Waals surface area contributed by atoms with Gasteiger partial charge < -0.3 is 25.0 Å². The number of aliphatic hydroxyl groups is 1. The van der Waals surface area contributed by atoms with Gasteiger partial charge >= 0.3 is 12.1 Å². The Morgan fingerprint density at radius 2 is 1.67 bits per heavy atom. The zero-order valence-electron chi connectivity index (χ0n) is 29.3. The van der Waals surface area contributed by atoms with E-state index in [4.69, 9.17) is 31.2 Å². The number of halogens is 4. The number of alkyl halides is 3. The van der Waals surface area contributed by atoms with E-state index in [1.807, 2.05) is 55.5 Å². The molecule has 0 radical (unpaired) electrons. The Hall–Kier alpha value is -4.26. The molecule has 276 valence electrons. The second-order valence-corrected chi connectivity index (χ2v) is 14.3. The first-order valence-corrected chi connectivity index (χ1v) is 17.8. The fourth-order valence-electron chi connectivity index (χ4n) is 7.46. The van der Waals surface area contributed by atoms with Crippen LogP contribution in [-0.2, 0) is 36.8 Å². The second-order valence-electron chi connectivity index (χ2n) is 13.9. The van der Waals surface area contributed by atoms with Gasteiger partial charge in [0.1, 0.15) is 5.69 Å². The van der Waals surface area contributed by atoms with Crippen molar-refractivity contribution in [1.29, 1.82) is 0 Å². The highest BCUT2D eigenvalue weighted by Crippen LogP contribution is 2.45. The molecular formula is C39H42ClF3N4O5. The van der Waals surface area contributed by atoms with Gasteiger partial charge in [0.25, 0.3) is 0 Å². The third-order valence-corrected chi connectivity index (χ3v) is 10.4. The van der Waals surface area contributed by atoms with E-state index < -0.39 is 23.4 Å². The number of carbonyl (C=O) groups is 1. The Morgan fingerprint density at radius 1 is 0.962 bits per heavy atom. The van der Waals surface area contributed by atoms with Crippen molar-refractivity contribution in [1.82, 2.24) is 20.3 Å². The van der Waals surface area contributed by atoms with Gasteiger partial charge in [0.15, 0.2) is 5.69 Å². The van der Waals surface area contributed by atoms with E-state index in [1.165, 1.54) is 7.11 Å². The fraction of sp³-hybridized carbons (Fsp3) is 0.436. The van der Waals surface area contributed by atoms with Crippen LogP contribution in [0.25, 0.3) is 22.4 Å². The van der Waals surface area contributed by atoms with Gasteiger partial charge in [-0.05, 0) is 87.0 Å². The number of pyridine rings is 1. The van der Waals surface area contributed by atoms with Crippen molar-refractivity contribution in [2.24, 2.45) is 0 Å². The summed E-state index contributed by atoms with van der Waals surface area (Å²) in [6.07, 6.45) is -1.37. The van der Waals surface area contributed by atoms with Crippen molar-refractivity contribution < 1.29 is 37.7 Å². The molecule has 2 heterocycles. The monoisotopic (exact) mass is 738 g/mol. The lowest BCUT2D eigenvalue weighted by Gasteiger charge is -2.41. The van der Waals surface area contributed by atoms with Crippen LogP contribution in [0.2, 0.25) is 5.02 Å². The van der Waals surface area contributed by atoms with Crippen molar-refractivity contribution in [2.45, 2.75) is 95.0 Å². The average molecular weight is 739 g/mol. The Labute approximate surface area is 305 Å². The van der Waals surface area contributed by atoms with Crippen LogP contribution in [0, 0.1) is 0 Å². The maximum absolute atomic E-state index is 14.4. The zero-order valence-corrected chi connectivity index (χ0v) is 30.1. The molecule has 6 rings (SSSR count). The molecule has 1 atom stereocenters. The molecule has 0 saturated heterocycles. The van der Waals surface area contributed by atoms with Gasteiger partial charge in [0.05, 0.1) is 36.2 Å². The number of rotatable bonds is 14. The smallest absolute Gasteiger partial charge is 0.435 e. The molecule has 2 aromatic carbocycles. The topological polar surface area (TPSA) is 127 Å². The van der Waals surface area contributed by atoms with E-state index in [0.717, 1.165) is 33.4 Å². The van der Waals surface area contributed by atoms with Gasteiger partial charge in [-0.1, -0.05) is 54.1 Å². The van der Waals surface area contributed by atoms with Gasteiger partial charge in [-0.3, -0.25) is 4.79 Å². The summed E-state index contributed by atoms with van der Waals surface area (Å²) in [6.45, 7) is 2.38. The van der Waals surface area contributed by atoms with Crippen molar-refractivity contribution in [2.75, 3.05) is 14.2 Å². The number of nitrogens with zero attached hydrogens (tertiary/aromatic N) is 3. The Balaban J connectivity index is 1.25. The predicted octanol–water partition coefficient (Wildman–Crippen LogP) is 7.97. The molecule has 3 N–H and O–H groups in total. The van der Waals surface area contributed by atoms with E-state index in [9.17, 15) is 23.1 Å². The molecule has 52 heavy (non-hydrogen) atoms. The minimum Gasteiger partial charge on any atom is -0.481 e. The Kier molecular flexibility index (Phi) is 11.1. The molecule has 0 aliphatic heterocycles. The lowest BCUT2D eigenvalue weighted by atomic mass is 9.77. The van der Waals surface area contributed by atoms with Gasteiger partial charge in [0, 0.05) is 35.7 Å². The first-order valence-electron chi connectivity index (χ1n) is 17.4. The van der Waals surface area contributed by atoms with E-state index in [2.05, 4.69) is 15.3 Å². The highest BCUT2D eigenvalue weighted by molar-refractivity contribution is 6.36. The minimum absolute atomic E-state index is 0.0205. The molecule has 0 amide bonds. The number of unbranched alkanes of at least 4 members (excludes halogenated alkanes) is 1. The number of aromatic nitrogens is 3. The summed E-state index contributed by atoms with van der Waals surface area (Å²) in [4.78, 5) is 24.0. The van der Waals surface area contributed by atoms with Crippen LogP contribution in [0.3, 0.4) is 0 Å². The zero-order chi connectivity index (χ0) is 37.2. The van der Waals surface area contributed by atoms with E-state index in [0.29, 0.717) is 61.7 Å². The number of nitrogens with one attached hydrogen (secondary N) is 1. The van der Waals surface area contributed by atoms with Crippen LogP contribution in [-0.4, -0.2) is 57.0 Å². The number of aliphatic carboxylic acids is 1. The highest BCUT2D eigenvalue weighted by Gasteiger charge is 2.40. The average Bonchev–Trinajstić information content (AvgIpc) is 3.50. The van der Waals surface area contributed by atoms with E-state index >= 15 is 0 Å². The minimum atomic E-state index is -4.73. The van der Waals surface area contributed by atoms with Gasteiger partial charge in [-0.25, -0.2) is 15.0 Å². The quantitative estimate of drug-likeness (QED) is 0.110. The van der Waals surface area contributed by atoms with Crippen molar-refractivity contribution in [3.05, 3.63) is 87.3 Å². The number of ether oxygens (including phenoxy) is 2. The van der Waals surface area contributed by atoms with Crippen LogP contribution in [0.5, 0.6) is 11.8 Å². The summed E-state index contributed by atoms with van der Waals surface area (Å²) < 4.78 is 54.1. The number of carboxylic acids is 1. The lowest BCUT2D eigenvalue weighted by Crippen LogP contribution is -2.51. The summed E-state index contributed by atoms with van der Waals surface area (Å²) in [5.41, 5.74) is 4.15. The van der Waals surface area contributed by atoms with Gasteiger partial charge in [-0.2, -0.15) is 13.2 Å². The summed E-state index contributed by atoms with van der Waals surface area (Å²) in [5.74, 6) is -0.703. The normalized spacial score (nSPS) is 19.6. The number of carboxylic acid groups (broad SMARTS) is 1. The number of aryl methyl sites for hydroxylation is 1. The molecule has 4 aromatic rings. The van der Waals surface area contributed by atoms with Crippen molar-refractivity contribution in [3.8, 4) is 34.1 Å². The number of methoxy groups -OCH3 is 2. The van der Waals surface area contributed by atoms with Crippen molar-refractivity contribution >= 4 is 17.6 Å². The number of benzene rings is 2. The standard InChI is InChI=1S/C39H42ClF3N4O5/c1-38(50)19-24(20-38)44-21-23-15-17-30(46-36(23)51-2)29-11-7-10-28(34(29)40)26-9-6-8-25-22(14-16-27(25)26)18-32-35(39(41,42)43)45-31(37(47-32)52-3)12-4-5-13-33(48)49/h6-11,15,17,22,24,44,50H,4-5,12-14,16,18-21H2,1-3H3,(H,48,49)/t22-,24?,38?/m1/s1. The first kappa shape index (κ1) is 37.5. The number of hydrogen-bond donors (Lipinski definition) is 3. The largest absolute Gasteiger partial charge is 0.481 e. The molecule has 1 saturated carbocycles. The van der Waals surface area contributed by atoms with Crippen LogP contribution in [0.1, 0.15) is 85.1 Å². The Morgan fingerprint density at radius 3 is 2.37 bits per heavy atom. The molecule has 0 unspecified atom stereocenters. The second kappa shape index (κ2) is 15.4. The fourth-order valence-corrected chi connectivity index (χ4v) is 7.78. The molecule has 9 nitrogen and oxygen atoms in total. The predicted molar refractivity (Wildman–Crippen MR) is 191 cm³/mol. The van der Waals surface area contributed by atoms with Crippen molar-refractivity contribution in [3.63, 3.8) is 0 Å². The van der Waals surface area contributed by atoms with E-state index in [-0.39, 0.29) is 48.5 Å². The maximum Gasteiger partial charge on any atom is 0.435 e. The number of fused-ring (bicyclic) bond motifs is 1. The molecule has 2 aromatic heterocycles. The third-order valence-electron chi connectivity index (χ3n) is 10.0. The molecule has 0 bridgehead atoms. The van der Waals surface area contributed by atoms with Crippen LogP contribution in [0.4, 0.5) is 13.2 Å². The molecule has 1 fully saturated rings. The lowest BCUT2D eigenvalue weighted by molar-refractivity contribution is -0.142. The van der Waals surface area contributed by atoms with E-state index in [1.54, 1.807) is 7.11 Å². The summed E-state index contributed by atoms with van der Waals surface area (Å²) in [5, 5.41) is 22.9. The third kappa shape index (κ3) is 8.19. The summed E-state index contributed by atoms with van der Waals surface area (Å²) >= 11 is 7.11. The first-order chi connectivity index (χ1) is 24.8. The van der Waals surface area contributed by atoms with Crippen LogP contribution < -0.4 is 14.8 Å². The summed E-state index contributed by atoms with van der Waals surface area (Å²) in [6, 6.07) is 15.7. The molecule has 2 aliphatic carbocycles. The summed E-state index contributed by atoms with van der Waals surface area (Å²) in [7, 11) is 2.92.